The van der Waals surface area contributed by atoms with Crippen LogP contribution in [0, 0.1) is 13.8 Å². The molecule has 0 bridgehead atoms. The molecule has 1 saturated heterocycles. The Labute approximate surface area is 182 Å². The number of nitrogens with zero attached hydrogens (tertiary/aromatic N) is 4. The molecule has 8 nitrogen and oxygen atoms in total. The smallest absolute Gasteiger partial charge is 0.257 e. The Bertz CT molecular complexity index is 1200. The SMILES string of the molecule is Cc1cc(C)n(-c2ccc(C(=O)Nc3ccccc3S(=O)(=O)N3CCCCC3)cn2)n1. The highest BCUT2D eigenvalue weighted by Crippen LogP contribution is 2.27. The Hall–Kier alpha value is -3.04. The number of aryl methyl sites for hydroxylation is 2. The Morgan fingerprint density at radius 2 is 1.77 bits per heavy atom. The van der Waals surface area contributed by atoms with Crippen LogP contribution in [0.2, 0.25) is 0 Å². The monoisotopic (exact) mass is 439 g/mol. The van der Waals surface area contributed by atoms with Gasteiger partial charge in [0.1, 0.15) is 4.90 Å². The van der Waals surface area contributed by atoms with Gasteiger partial charge in [-0.2, -0.15) is 9.40 Å². The van der Waals surface area contributed by atoms with E-state index < -0.39 is 15.9 Å². The van der Waals surface area contributed by atoms with E-state index in [4.69, 9.17) is 0 Å². The predicted molar refractivity (Wildman–Crippen MR) is 118 cm³/mol. The maximum atomic E-state index is 13.1. The summed E-state index contributed by atoms with van der Waals surface area (Å²) in [5, 5.41) is 7.13. The minimum absolute atomic E-state index is 0.109. The first-order valence-corrected chi connectivity index (χ1v) is 11.7. The summed E-state index contributed by atoms with van der Waals surface area (Å²) in [6.07, 6.45) is 4.19. The average molecular weight is 440 g/mol. The van der Waals surface area contributed by atoms with Gasteiger partial charge in [0.2, 0.25) is 10.0 Å². The number of aromatic nitrogens is 3. The number of carbonyl (C=O) groups is 1. The normalized spacial score (nSPS) is 15.0. The fourth-order valence-electron chi connectivity index (χ4n) is 3.74. The number of rotatable bonds is 5. The summed E-state index contributed by atoms with van der Waals surface area (Å²) in [5.41, 5.74) is 2.42. The molecule has 1 aliphatic heterocycles. The molecule has 2 aromatic heterocycles. The molecule has 0 radical (unpaired) electrons. The molecule has 1 amide bonds. The van der Waals surface area contributed by atoms with Crippen molar-refractivity contribution in [2.45, 2.75) is 38.0 Å². The van der Waals surface area contributed by atoms with Gasteiger partial charge in [-0.3, -0.25) is 4.79 Å². The van der Waals surface area contributed by atoms with Gasteiger partial charge < -0.3 is 5.32 Å². The van der Waals surface area contributed by atoms with E-state index in [1.807, 2.05) is 19.9 Å². The number of hydrogen-bond donors (Lipinski definition) is 1. The zero-order chi connectivity index (χ0) is 22.0. The molecule has 1 fully saturated rings. The topological polar surface area (TPSA) is 97.2 Å². The molecule has 3 aromatic rings. The van der Waals surface area contributed by atoms with E-state index in [1.165, 1.54) is 16.6 Å². The number of carbonyl (C=O) groups excluding carboxylic acids is 1. The summed E-state index contributed by atoms with van der Waals surface area (Å²) in [7, 11) is -3.67. The van der Waals surface area contributed by atoms with Gasteiger partial charge in [0.25, 0.3) is 5.91 Å². The fourth-order valence-corrected chi connectivity index (χ4v) is 5.40. The molecule has 31 heavy (non-hydrogen) atoms. The maximum absolute atomic E-state index is 13.1. The Morgan fingerprint density at radius 1 is 1.03 bits per heavy atom. The second-order valence-electron chi connectivity index (χ2n) is 7.66. The molecular weight excluding hydrogens is 414 g/mol. The van der Waals surface area contributed by atoms with Crippen LogP contribution in [0.1, 0.15) is 41.0 Å². The van der Waals surface area contributed by atoms with Crippen LogP contribution in [0.5, 0.6) is 0 Å². The van der Waals surface area contributed by atoms with Gasteiger partial charge in [0.15, 0.2) is 5.82 Å². The summed E-state index contributed by atoms with van der Waals surface area (Å²) in [4.78, 5) is 17.3. The molecule has 4 rings (SSSR count). The molecule has 1 aliphatic rings. The third-order valence-electron chi connectivity index (χ3n) is 5.30. The maximum Gasteiger partial charge on any atom is 0.257 e. The third-order valence-corrected chi connectivity index (χ3v) is 7.26. The van der Waals surface area contributed by atoms with Crippen LogP contribution in [0.4, 0.5) is 5.69 Å². The van der Waals surface area contributed by atoms with Crippen molar-refractivity contribution in [3.05, 3.63) is 65.6 Å². The minimum Gasteiger partial charge on any atom is -0.321 e. The molecular formula is C22H25N5O3S. The summed E-state index contributed by atoms with van der Waals surface area (Å²) < 4.78 is 29.4. The lowest BCUT2D eigenvalue weighted by Gasteiger charge is -2.26. The molecule has 0 unspecified atom stereocenters. The second kappa shape index (κ2) is 8.60. The van der Waals surface area contributed by atoms with Crippen molar-refractivity contribution in [3.8, 4) is 5.82 Å². The number of hydrogen-bond acceptors (Lipinski definition) is 5. The number of sulfonamides is 1. The van der Waals surface area contributed by atoms with Crippen LogP contribution in [0.15, 0.2) is 53.6 Å². The van der Waals surface area contributed by atoms with Crippen molar-refractivity contribution >= 4 is 21.6 Å². The molecule has 0 atom stereocenters. The lowest BCUT2D eigenvalue weighted by molar-refractivity contribution is 0.102. The van der Waals surface area contributed by atoms with Gasteiger partial charge in [-0.15, -0.1) is 0 Å². The van der Waals surface area contributed by atoms with Crippen LogP contribution in [-0.4, -0.2) is 46.5 Å². The zero-order valence-electron chi connectivity index (χ0n) is 17.6. The zero-order valence-corrected chi connectivity index (χ0v) is 18.4. The molecule has 0 saturated carbocycles. The van der Waals surface area contributed by atoms with Gasteiger partial charge >= 0.3 is 0 Å². The van der Waals surface area contributed by atoms with Gasteiger partial charge in [-0.1, -0.05) is 18.6 Å². The van der Waals surface area contributed by atoms with E-state index in [-0.39, 0.29) is 10.6 Å². The van der Waals surface area contributed by atoms with Crippen LogP contribution in [-0.2, 0) is 10.0 Å². The van der Waals surface area contributed by atoms with E-state index in [1.54, 1.807) is 35.0 Å². The lowest BCUT2D eigenvalue weighted by Crippen LogP contribution is -2.36. The van der Waals surface area contributed by atoms with Gasteiger partial charge in [-0.25, -0.2) is 18.1 Å². The molecule has 0 spiro atoms. The Balaban J connectivity index is 1.56. The molecule has 1 aromatic carbocycles. The first kappa shape index (κ1) is 21.2. The highest BCUT2D eigenvalue weighted by atomic mass is 32.2. The van der Waals surface area contributed by atoms with E-state index in [9.17, 15) is 13.2 Å². The predicted octanol–water partition coefficient (Wildman–Crippen LogP) is 3.31. The molecule has 162 valence electrons. The molecule has 1 N–H and O–H groups in total. The first-order chi connectivity index (χ1) is 14.9. The highest BCUT2D eigenvalue weighted by molar-refractivity contribution is 7.89. The number of anilines is 1. The number of para-hydroxylation sites is 1. The van der Waals surface area contributed by atoms with E-state index in [2.05, 4.69) is 15.4 Å². The van der Waals surface area contributed by atoms with Crippen molar-refractivity contribution < 1.29 is 13.2 Å². The average Bonchev–Trinajstić information content (AvgIpc) is 3.12. The highest BCUT2D eigenvalue weighted by Gasteiger charge is 2.28. The largest absolute Gasteiger partial charge is 0.321 e. The van der Waals surface area contributed by atoms with Crippen LogP contribution < -0.4 is 5.32 Å². The van der Waals surface area contributed by atoms with Crippen molar-refractivity contribution in [2.24, 2.45) is 0 Å². The minimum atomic E-state index is -3.67. The Kier molecular flexibility index (Phi) is 5.88. The van der Waals surface area contributed by atoms with E-state index >= 15 is 0 Å². The van der Waals surface area contributed by atoms with Crippen LogP contribution in [0.3, 0.4) is 0 Å². The van der Waals surface area contributed by atoms with Gasteiger partial charge in [-0.05, 0) is 57.0 Å². The van der Waals surface area contributed by atoms with Crippen molar-refractivity contribution in [1.82, 2.24) is 19.1 Å². The van der Waals surface area contributed by atoms with Gasteiger partial charge in [0.05, 0.1) is 16.9 Å². The third kappa shape index (κ3) is 4.38. The van der Waals surface area contributed by atoms with E-state index in [0.29, 0.717) is 24.5 Å². The number of piperidine rings is 1. The first-order valence-electron chi connectivity index (χ1n) is 10.3. The van der Waals surface area contributed by atoms with Gasteiger partial charge in [0, 0.05) is 25.0 Å². The molecule has 0 aliphatic carbocycles. The van der Waals surface area contributed by atoms with E-state index in [0.717, 1.165) is 30.7 Å². The van der Waals surface area contributed by atoms with Crippen molar-refractivity contribution in [1.29, 1.82) is 0 Å². The molecule has 3 heterocycles. The number of benzene rings is 1. The number of pyridine rings is 1. The standard InChI is InChI=1S/C22H25N5O3S/c1-16-14-17(2)27(25-16)21-11-10-18(15-23-21)22(28)24-19-8-4-5-9-20(19)31(29,30)26-12-6-3-7-13-26/h4-5,8-11,14-15H,3,6-7,12-13H2,1-2H3,(H,24,28). The second-order valence-corrected chi connectivity index (χ2v) is 9.57. The van der Waals surface area contributed by atoms with Crippen molar-refractivity contribution in [2.75, 3.05) is 18.4 Å². The summed E-state index contributed by atoms with van der Waals surface area (Å²) in [5.74, 6) is 0.184. The van der Waals surface area contributed by atoms with Crippen LogP contribution >= 0.6 is 0 Å². The summed E-state index contributed by atoms with van der Waals surface area (Å²) in [6, 6.07) is 11.8. The quantitative estimate of drug-likeness (QED) is 0.658. The summed E-state index contributed by atoms with van der Waals surface area (Å²) in [6.45, 7) is 4.84. The lowest BCUT2D eigenvalue weighted by atomic mass is 10.2. The number of nitrogens with one attached hydrogen (secondary N) is 1. The number of amides is 1. The molecule has 9 heteroatoms. The van der Waals surface area contributed by atoms with Crippen molar-refractivity contribution in [3.63, 3.8) is 0 Å². The van der Waals surface area contributed by atoms with Crippen LogP contribution in [0.25, 0.3) is 5.82 Å². The Morgan fingerprint density at radius 3 is 2.42 bits per heavy atom. The fraction of sp³-hybridized carbons (Fsp3) is 0.318. The summed E-state index contributed by atoms with van der Waals surface area (Å²) >= 11 is 0.